The van der Waals surface area contributed by atoms with Crippen molar-refractivity contribution in [1.29, 1.82) is 0 Å². The highest BCUT2D eigenvalue weighted by molar-refractivity contribution is 4.46. The average molecular weight is 232 g/mol. The average Bonchev–Trinajstić information content (AvgIpc) is 2.22. The highest BCUT2D eigenvalue weighted by Gasteiger charge is 2.31. The first kappa shape index (κ1) is 15.9. The van der Waals surface area contributed by atoms with Gasteiger partial charge in [0.2, 0.25) is 0 Å². The van der Waals surface area contributed by atoms with E-state index >= 15 is 0 Å². The molecule has 0 aromatic carbocycles. The molecule has 0 bridgehead atoms. The molecule has 2 atom stereocenters. The molecule has 2 N–H and O–H groups in total. The molecule has 0 fully saturated rings. The lowest BCUT2D eigenvalue weighted by atomic mass is 10.1. The summed E-state index contributed by atoms with van der Waals surface area (Å²) in [6.45, 7) is 6.57. The zero-order valence-corrected chi connectivity index (χ0v) is 11.4. The lowest BCUT2D eigenvalue weighted by Gasteiger charge is -2.39. The maximum Gasteiger partial charge on any atom is 0.189 e. The highest BCUT2D eigenvalue weighted by atomic mass is 16.3. The van der Waals surface area contributed by atoms with Gasteiger partial charge in [0.25, 0.3) is 0 Å². The van der Waals surface area contributed by atoms with Crippen molar-refractivity contribution in [2.24, 2.45) is 0 Å². The monoisotopic (exact) mass is 232 g/mol. The molecule has 0 amide bonds. The van der Waals surface area contributed by atoms with Gasteiger partial charge in [0.05, 0.1) is 13.6 Å². The van der Waals surface area contributed by atoms with Crippen molar-refractivity contribution in [3.63, 3.8) is 0 Å². The van der Waals surface area contributed by atoms with Gasteiger partial charge >= 0.3 is 0 Å². The largest absolute Gasteiger partial charge is 0.345 e. The SMILES string of the molecule is CCCCCCCC[N+](C)(C(C)O)C(C)O. The fraction of sp³-hybridized carbons (Fsp3) is 1.00. The molecule has 0 aliphatic rings. The summed E-state index contributed by atoms with van der Waals surface area (Å²) in [5.41, 5.74) is 0. The van der Waals surface area contributed by atoms with E-state index in [9.17, 15) is 10.2 Å². The Morgan fingerprint density at radius 2 is 1.31 bits per heavy atom. The molecule has 0 rings (SSSR count). The van der Waals surface area contributed by atoms with Crippen LogP contribution in [0.3, 0.4) is 0 Å². The summed E-state index contributed by atoms with van der Waals surface area (Å²) in [5, 5.41) is 19.4. The molecule has 0 saturated carbocycles. The number of rotatable bonds is 9. The number of unbranched alkanes of at least 4 members (excludes halogenated alkanes) is 5. The zero-order chi connectivity index (χ0) is 12.6. The maximum atomic E-state index is 9.69. The van der Waals surface area contributed by atoms with Crippen molar-refractivity contribution in [3.8, 4) is 0 Å². The van der Waals surface area contributed by atoms with Crippen LogP contribution in [0.4, 0.5) is 0 Å². The van der Waals surface area contributed by atoms with Crippen LogP contribution in [0.2, 0.25) is 0 Å². The third kappa shape index (κ3) is 5.28. The lowest BCUT2D eigenvalue weighted by molar-refractivity contribution is -0.990. The normalized spacial score (nSPS) is 19.1. The number of hydrogen-bond acceptors (Lipinski definition) is 2. The molecule has 16 heavy (non-hydrogen) atoms. The second-order valence-corrected chi connectivity index (χ2v) is 5.10. The smallest absolute Gasteiger partial charge is 0.189 e. The minimum Gasteiger partial charge on any atom is -0.345 e. The van der Waals surface area contributed by atoms with E-state index in [4.69, 9.17) is 0 Å². The molecule has 2 unspecified atom stereocenters. The second-order valence-electron chi connectivity index (χ2n) is 5.10. The van der Waals surface area contributed by atoms with Gasteiger partial charge in [-0.2, -0.15) is 0 Å². The Labute approximate surface area is 101 Å². The van der Waals surface area contributed by atoms with Gasteiger partial charge in [-0.15, -0.1) is 0 Å². The van der Waals surface area contributed by atoms with E-state index in [-0.39, 0.29) is 0 Å². The van der Waals surface area contributed by atoms with Crippen LogP contribution in [0.15, 0.2) is 0 Å². The number of quaternary nitrogens is 1. The Hall–Kier alpha value is -0.120. The molecule has 0 aliphatic heterocycles. The Morgan fingerprint density at radius 1 is 0.875 bits per heavy atom. The Kier molecular flexibility index (Phi) is 7.98. The number of nitrogens with zero attached hydrogens (tertiary/aromatic N) is 1. The lowest BCUT2D eigenvalue weighted by Crippen LogP contribution is -2.57. The van der Waals surface area contributed by atoms with Crippen LogP contribution in [-0.4, -0.2) is 40.7 Å². The van der Waals surface area contributed by atoms with Crippen LogP contribution >= 0.6 is 0 Å². The van der Waals surface area contributed by atoms with E-state index in [2.05, 4.69) is 6.92 Å². The molecular formula is C13H30NO2+. The van der Waals surface area contributed by atoms with E-state index in [1.165, 1.54) is 32.1 Å². The molecule has 0 aromatic heterocycles. The van der Waals surface area contributed by atoms with Gasteiger partial charge in [0.1, 0.15) is 0 Å². The minimum absolute atomic E-state index is 0.341. The predicted molar refractivity (Wildman–Crippen MR) is 67.8 cm³/mol. The zero-order valence-electron chi connectivity index (χ0n) is 11.4. The van der Waals surface area contributed by atoms with Gasteiger partial charge in [0.15, 0.2) is 12.5 Å². The quantitative estimate of drug-likeness (QED) is 0.364. The van der Waals surface area contributed by atoms with E-state index in [0.29, 0.717) is 4.48 Å². The van der Waals surface area contributed by atoms with Crippen molar-refractivity contribution in [2.45, 2.75) is 71.8 Å². The first-order valence-corrected chi connectivity index (χ1v) is 6.66. The van der Waals surface area contributed by atoms with Crippen LogP contribution in [0.5, 0.6) is 0 Å². The Morgan fingerprint density at radius 3 is 1.75 bits per heavy atom. The van der Waals surface area contributed by atoms with Gasteiger partial charge in [-0.05, 0) is 12.8 Å². The van der Waals surface area contributed by atoms with Crippen molar-refractivity contribution < 1.29 is 14.7 Å². The number of aliphatic hydroxyl groups excluding tert-OH is 2. The molecule has 0 radical (unpaired) electrons. The van der Waals surface area contributed by atoms with E-state index in [1.54, 1.807) is 13.8 Å². The minimum atomic E-state index is -0.504. The van der Waals surface area contributed by atoms with E-state index < -0.39 is 12.5 Å². The number of hydrogen-bond donors (Lipinski definition) is 2. The first-order chi connectivity index (χ1) is 7.45. The fourth-order valence-electron chi connectivity index (χ4n) is 1.92. The Bertz CT molecular complexity index is 161. The van der Waals surface area contributed by atoms with Crippen molar-refractivity contribution >= 4 is 0 Å². The summed E-state index contributed by atoms with van der Waals surface area (Å²) in [5.74, 6) is 0. The van der Waals surface area contributed by atoms with Gasteiger partial charge in [-0.1, -0.05) is 32.6 Å². The first-order valence-electron chi connectivity index (χ1n) is 6.66. The van der Waals surface area contributed by atoms with Crippen molar-refractivity contribution in [1.82, 2.24) is 0 Å². The van der Waals surface area contributed by atoms with E-state index in [1.807, 2.05) is 7.05 Å². The molecular weight excluding hydrogens is 202 g/mol. The fourth-order valence-corrected chi connectivity index (χ4v) is 1.92. The predicted octanol–water partition coefficient (Wildman–Crippen LogP) is 2.47. The third-order valence-electron chi connectivity index (χ3n) is 3.70. The van der Waals surface area contributed by atoms with Crippen LogP contribution < -0.4 is 0 Å². The highest BCUT2D eigenvalue weighted by Crippen LogP contribution is 2.16. The van der Waals surface area contributed by atoms with Crippen LogP contribution in [0.25, 0.3) is 0 Å². The maximum absolute atomic E-state index is 9.69. The molecule has 3 nitrogen and oxygen atoms in total. The summed E-state index contributed by atoms with van der Waals surface area (Å²) in [4.78, 5) is 0. The summed E-state index contributed by atoms with van der Waals surface area (Å²) in [6, 6.07) is 0. The number of aliphatic hydroxyl groups is 2. The molecule has 0 saturated heterocycles. The van der Waals surface area contributed by atoms with Gasteiger partial charge < -0.3 is 10.2 Å². The van der Waals surface area contributed by atoms with Gasteiger partial charge in [-0.25, -0.2) is 0 Å². The van der Waals surface area contributed by atoms with Crippen LogP contribution in [-0.2, 0) is 0 Å². The molecule has 0 aliphatic carbocycles. The van der Waals surface area contributed by atoms with Gasteiger partial charge in [-0.3, -0.25) is 4.48 Å². The molecule has 98 valence electrons. The Balaban J connectivity index is 3.78. The third-order valence-corrected chi connectivity index (χ3v) is 3.70. The summed E-state index contributed by atoms with van der Waals surface area (Å²) in [7, 11) is 1.92. The summed E-state index contributed by atoms with van der Waals surface area (Å²) >= 11 is 0. The van der Waals surface area contributed by atoms with Gasteiger partial charge in [0, 0.05) is 13.8 Å². The summed E-state index contributed by atoms with van der Waals surface area (Å²) in [6.07, 6.45) is 6.44. The standard InChI is InChI=1S/C13H30NO2/c1-5-6-7-8-9-10-11-14(4,12(2)15)13(3)16/h12-13,15-16H,5-11H2,1-4H3/q+1. The topological polar surface area (TPSA) is 40.5 Å². The van der Waals surface area contributed by atoms with Crippen molar-refractivity contribution in [3.05, 3.63) is 0 Å². The second kappa shape index (κ2) is 8.04. The van der Waals surface area contributed by atoms with E-state index in [0.717, 1.165) is 13.0 Å². The van der Waals surface area contributed by atoms with Crippen LogP contribution in [0.1, 0.15) is 59.3 Å². The molecule has 0 spiro atoms. The molecule has 0 aromatic rings. The van der Waals surface area contributed by atoms with Crippen molar-refractivity contribution in [2.75, 3.05) is 13.6 Å². The molecule has 3 heteroatoms. The summed E-state index contributed by atoms with van der Waals surface area (Å²) < 4.78 is 0.341. The van der Waals surface area contributed by atoms with Crippen LogP contribution in [0, 0.1) is 0 Å². The molecule has 0 heterocycles.